The second-order valence-electron chi connectivity index (χ2n) is 5.26. The molecule has 19 heavy (non-hydrogen) atoms. The second-order valence-corrected chi connectivity index (χ2v) is 6.12. The summed E-state index contributed by atoms with van der Waals surface area (Å²) in [7, 11) is 0. The first-order valence-corrected chi connectivity index (χ1v) is 7.83. The van der Waals surface area contributed by atoms with Gasteiger partial charge < -0.3 is 4.90 Å². The molecule has 0 heterocycles. The van der Waals surface area contributed by atoms with Crippen molar-refractivity contribution in [3.05, 3.63) is 33.8 Å². The molecule has 106 valence electrons. The van der Waals surface area contributed by atoms with Crippen LogP contribution >= 0.6 is 15.9 Å². The van der Waals surface area contributed by atoms with Gasteiger partial charge in [-0.05, 0) is 44.9 Å². The van der Waals surface area contributed by atoms with Crippen molar-refractivity contribution in [2.24, 2.45) is 0 Å². The Labute approximate surface area is 125 Å². The average Bonchev–Trinajstić information content (AvgIpc) is 2.37. The molecule has 1 aromatic rings. The van der Waals surface area contributed by atoms with Crippen LogP contribution in [0.4, 0.5) is 0 Å². The molecule has 0 atom stereocenters. The Bertz CT molecular complexity index is 429. The highest BCUT2D eigenvalue weighted by molar-refractivity contribution is 9.10. The average molecular weight is 326 g/mol. The third kappa shape index (κ3) is 4.64. The zero-order chi connectivity index (χ0) is 14.4. The maximum Gasteiger partial charge on any atom is 0.254 e. The number of carbonyl (C=O) groups excluding carboxylic acids is 1. The van der Waals surface area contributed by atoms with Gasteiger partial charge in [-0.1, -0.05) is 41.8 Å². The highest BCUT2D eigenvalue weighted by Gasteiger charge is 2.18. The molecule has 3 heteroatoms. The maximum atomic E-state index is 12.5. The highest BCUT2D eigenvalue weighted by Crippen LogP contribution is 2.19. The normalized spacial score (nSPS) is 10.8. The van der Waals surface area contributed by atoms with Crippen molar-refractivity contribution >= 4 is 21.8 Å². The molecule has 0 aliphatic carbocycles. The molecule has 2 nitrogen and oxygen atoms in total. The van der Waals surface area contributed by atoms with Crippen LogP contribution in [0.2, 0.25) is 0 Å². The van der Waals surface area contributed by atoms with Crippen LogP contribution in [0.3, 0.4) is 0 Å². The first-order valence-electron chi connectivity index (χ1n) is 7.04. The molecule has 0 saturated carbocycles. The van der Waals surface area contributed by atoms with Gasteiger partial charge in [0.1, 0.15) is 0 Å². The van der Waals surface area contributed by atoms with Crippen molar-refractivity contribution in [2.45, 2.75) is 53.0 Å². The number of rotatable bonds is 6. The van der Waals surface area contributed by atoms with Gasteiger partial charge in [-0.2, -0.15) is 0 Å². The summed E-state index contributed by atoms with van der Waals surface area (Å²) in [6, 6.07) is 6.07. The lowest BCUT2D eigenvalue weighted by Gasteiger charge is -2.27. The third-order valence-electron chi connectivity index (χ3n) is 3.31. The van der Waals surface area contributed by atoms with Crippen LogP contribution in [0.15, 0.2) is 22.7 Å². The summed E-state index contributed by atoms with van der Waals surface area (Å²) >= 11 is 3.49. The lowest BCUT2D eigenvalue weighted by molar-refractivity contribution is 0.0702. The van der Waals surface area contributed by atoms with Gasteiger partial charge in [0.2, 0.25) is 0 Å². The molecule has 1 amide bonds. The number of hydrogen-bond acceptors (Lipinski definition) is 1. The molecule has 0 N–H and O–H groups in total. The fourth-order valence-electron chi connectivity index (χ4n) is 2.02. The predicted octanol–water partition coefficient (Wildman–Crippen LogP) is 4.80. The number of halogens is 1. The molecular formula is C16H24BrNO. The van der Waals surface area contributed by atoms with Crippen molar-refractivity contribution in [1.82, 2.24) is 4.90 Å². The van der Waals surface area contributed by atoms with Crippen LogP contribution in [0.5, 0.6) is 0 Å². The number of carbonyl (C=O) groups is 1. The number of nitrogens with zero attached hydrogens (tertiary/aromatic N) is 1. The summed E-state index contributed by atoms with van der Waals surface area (Å²) in [5.41, 5.74) is 1.92. The largest absolute Gasteiger partial charge is 0.336 e. The molecule has 0 aliphatic rings. The lowest BCUT2D eigenvalue weighted by atomic mass is 10.1. The third-order valence-corrected chi connectivity index (χ3v) is 4.16. The fourth-order valence-corrected chi connectivity index (χ4v) is 2.40. The Hall–Kier alpha value is -0.830. The van der Waals surface area contributed by atoms with Crippen LogP contribution in [0, 0.1) is 6.92 Å². The molecule has 0 radical (unpaired) electrons. The van der Waals surface area contributed by atoms with E-state index in [2.05, 4.69) is 36.7 Å². The number of unbranched alkanes of at least 4 members (excludes halogenated alkanes) is 2. The van der Waals surface area contributed by atoms with E-state index in [1.165, 1.54) is 12.8 Å². The maximum absolute atomic E-state index is 12.5. The Morgan fingerprint density at radius 2 is 2.00 bits per heavy atom. The SMILES string of the molecule is CCCCCN(C(=O)c1ccc(C)c(Br)c1)C(C)C. The fraction of sp³-hybridized carbons (Fsp3) is 0.562. The number of aryl methyl sites for hydroxylation is 1. The summed E-state index contributed by atoms with van der Waals surface area (Å²) in [5, 5.41) is 0. The van der Waals surface area contributed by atoms with E-state index in [0.717, 1.165) is 28.6 Å². The number of benzene rings is 1. The molecule has 0 aromatic heterocycles. The number of hydrogen-bond donors (Lipinski definition) is 0. The Balaban J connectivity index is 2.83. The van der Waals surface area contributed by atoms with E-state index in [9.17, 15) is 4.79 Å². The van der Waals surface area contributed by atoms with E-state index < -0.39 is 0 Å². The summed E-state index contributed by atoms with van der Waals surface area (Å²) < 4.78 is 0.996. The van der Waals surface area contributed by atoms with Gasteiger partial charge in [0.15, 0.2) is 0 Å². The van der Waals surface area contributed by atoms with Crippen molar-refractivity contribution in [1.29, 1.82) is 0 Å². The summed E-state index contributed by atoms with van der Waals surface area (Å²) in [6.45, 7) is 9.20. The molecule has 0 saturated heterocycles. The van der Waals surface area contributed by atoms with Crippen molar-refractivity contribution in [3.63, 3.8) is 0 Å². The minimum absolute atomic E-state index is 0.131. The van der Waals surface area contributed by atoms with E-state index in [4.69, 9.17) is 0 Å². The molecule has 0 aliphatic heterocycles. The molecule has 0 spiro atoms. The predicted molar refractivity (Wildman–Crippen MR) is 84.6 cm³/mol. The van der Waals surface area contributed by atoms with Crippen molar-refractivity contribution in [2.75, 3.05) is 6.54 Å². The van der Waals surface area contributed by atoms with Gasteiger partial charge in [0, 0.05) is 22.6 Å². The molecule has 0 unspecified atom stereocenters. The topological polar surface area (TPSA) is 20.3 Å². The first-order chi connectivity index (χ1) is 8.97. The molecule has 1 rings (SSSR count). The Morgan fingerprint density at radius 1 is 1.32 bits per heavy atom. The van der Waals surface area contributed by atoms with Crippen molar-refractivity contribution < 1.29 is 4.79 Å². The molecule has 1 aromatic carbocycles. The first kappa shape index (κ1) is 16.2. The van der Waals surface area contributed by atoms with Gasteiger partial charge in [-0.15, -0.1) is 0 Å². The van der Waals surface area contributed by atoms with Gasteiger partial charge >= 0.3 is 0 Å². The zero-order valence-electron chi connectivity index (χ0n) is 12.4. The van der Waals surface area contributed by atoms with E-state index in [1.54, 1.807) is 0 Å². The number of amides is 1. The Morgan fingerprint density at radius 3 is 2.53 bits per heavy atom. The summed E-state index contributed by atoms with van der Waals surface area (Å²) in [4.78, 5) is 14.5. The minimum Gasteiger partial charge on any atom is -0.336 e. The summed E-state index contributed by atoms with van der Waals surface area (Å²) in [5.74, 6) is 0.131. The highest BCUT2D eigenvalue weighted by atomic mass is 79.9. The van der Waals surface area contributed by atoms with E-state index in [-0.39, 0.29) is 11.9 Å². The summed E-state index contributed by atoms with van der Waals surface area (Å²) in [6.07, 6.45) is 3.43. The van der Waals surface area contributed by atoms with Gasteiger partial charge in [0.05, 0.1) is 0 Å². The quantitative estimate of drug-likeness (QED) is 0.688. The van der Waals surface area contributed by atoms with Gasteiger partial charge in [0.25, 0.3) is 5.91 Å². The van der Waals surface area contributed by atoms with Crippen LogP contribution < -0.4 is 0 Å². The van der Waals surface area contributed by atoms with E-state index in [0.29, 0.717) is 0 Å². The van der Waals surface area contributed by atoms with E-state index in [1.807, 2.05) is 30.0 Å². The van der Waals surface area contributed by atoms with Crippen molar-refractivity contribution in [3.8, 4) is 0 Å². The van der Waals surface area contributed by atoms with Crippen LogP contribution in [0.25, 0.3) is 0 Å². The monoisotopic (exact) mass is 325 g/mol. The molecule has 0 fully saturated rings. The smallest absolute Gasteiger partial charge is 0.254 e. The van der Waals surface area contributed by atoms with E-state index >= 15 is 0 Å². The lowest BCUT2D eigenvalue weighted by Crippen LogP contribution is -2.37. The standard InChI is InChI=1S/C16H24BrNO/c1-5-6-7-10-18(12(2)3)16(19)14-9-8-13(4)15(17)11-14/h8-9,11-12H,5-7,10H2,1-4H3. The van der Waals surface area contributed by atoms with Gasteiger partial charge in [-0.3, -0.25) is 4.79 Å². The van der Waals surface area contributed by atoms with Crippen LogP contribution in [-0.4, -0.2) is 23.4 Å². The molecular weight excluding hydrogens is 302 g/mol. The van der Waals surface area contributed by atoms with Crippen LogP contribution in [-0.2, 0) is 0 Å². The zero-order valence-corrected chi connectivity index (χ0v) is 14.0. The minimum atomic E-state index is 0.131. The van der Waals surface area contributed by atoms with Crippen LogP contribution in [0.1, 0.15) is 56.0 Å². The Kier molecular flexibility index (Phi) is 6.56. The molecule has 0 bridgehead atoms. The van der Waals surface area contributed by atoms with Gasteiger partial charge in [-0.25, -0.2) is 0 Å². The second kappa shape index (κ2) is 7.68.